The van der Waals surface area contributed by atoms with Gasteiger partial charge in [-0.05, 0) is 262 Å². The zero-order valence-corrected chi connectivity index (χ0v) is 69.6. The summed E-state index contributed by atoms with van der Waals surface area (Å²) in [4.78, 5) is 55.9. The first kappa shape index (κ1) is 83.6. The molecule has 0 atom stereocenters. The number of anilines is 4. The van der Waals surface area contributed by atoms with E-state index in [1.165, 1.54) is 100 Å². The predicted molar refractivity (Wildman–Crippen MR) is 477 cm³/mol. The van der Waals surface area contributed by atoms with Gasteiger partial charge >= 0.3 is 0 Å². The van der Waals surface area contributed by atoms with E-state index in [9.17, 15) is 17.6 Å². The Labute approximate surface area is 701 Å². The highest BCUT2D eigenvalue weighted by atomic mass is 19.1. The van der Waals surface area contributed by atoms with Crippen LogP contribution in [0.3, 0.4) is 0 Å². The second-order valence-electron chi connectivity index (χ2n) is 29.4. The van der Waals surface area contributed by atoms with Gasteiger partial charge in [0.25, 0.3) is 0 Å². The first-order valence-electron chi connectivity index (χ1n) is 41.5. The van der Waals surface area contributed by atoms with Gasteiger partial charge in [-0.3, -0.25) is 17.6 Å². The van der Waals surface area contributed by atoms with Crippen molar-refractivity contribution in [2.45, 2.75) is 133 Å². The van der Waals surface area contributed by atoms with Crippen LogP contribution in [0.4, 0.5) is 41.4 Å². The highest BCUT2D eigenvalue weighted by Gasteiger charge is 2.24. The highest BCUT2D eigenvalue weighted by Crippen LogP contribution is 2.38. The van der Waals surface area contributed by atoms with E-state index in [-0.39, 0.29) is 23.3 Å². The molecule has 12 heterocycles. The molecule has 12 aromatic heterocycles. The number of nitrogens with one attached hydrogen (secondary N) is 4. The summed E-state index contributed by atoms with van der Waals surface area (Å²) >= 11 is 0. The summed E-state index contributed by atoms with van der Waals surface area (Å²) in [6.45, 7) is 22.2. The minimum absolute atomic E-state index is 0.266. The lowest BCUT2D eigenvalue weighted by molar-refractivity contribution is 0.627. The number of rotatable bonds is 27. The summed E-state index contributed by atoms with van der Waals surface area (Å²) in [5.41, 5.74) is 24.8. The predicted octanol–water partition coefficient (Wildman–Crippen LogP) is 22.5. The molecule has 17 rings (SSSR count). The Hall–Kier alpha value is -13.9. The second kappa shape index (κ2) is 39.6. The first-order chi connectivity index (χ1) is 59.1. The Morgan fingerprint density at radius 3 is 0.884 bits per heavy atom. The van der Waals surface area contributed by atoms with Crippen LogP contribution in [0.2, 0.25) is 0 Å². The van der Waals surface area contributed by atoms with Crippen molar-refractivity contribution in [2.24, 2.45) is 0 Å². The summed E-state index contributed by atoms with van der Waals surface area (Å²) in [5.74, 6) is 1.26. The molecule has 0 aliphatic carbocycles. The van der Waals surface area contributed by atoms with E-state index in [0.29, 0.717) is 30.3 Å². The van der Waals surface area contributed by atoms with E-state index in [1.807, 2.05) is 66.7 Å². The molecule has 0 spiro atoms. The molecule has 0 saturated heterocycles. The van der Waals surface area contributed by atoms with Gasteiger partial charge < -0.3 is 21.3 Å². The Balaban J connectivity index is 0.000000132. The number of benzene rings is 5. The summed E-state index contributed by atoms with van der Waals surface area (Å²) in [5, 5.41) is 13.2. The van der Waals surface area contributed by atoms with E-state index in [4.69, 9.17) is 39.9 Å². The third-order valence-corrected chi connectivity index (χ3v) is 20.8. The van der Waals surface area contributed by atoms with Gasteiger partial charge in [-0.2, -0.15) is 0 Å². The molecular weight excluding hydrogens is 1520 g/mol. The number of nitrogens with zero attached hydrogens (tertiary/aromatic N) is 16. The SMILES string of the molecule is CCCCCNc1nccc(-c2c(-c3ccc(F)cc3)nc3cc(CC)ccn23)n1.CCCCNc1nccc(-c2c(-c3ccc(F)cc3)nc3cc(CC)ccn23)n1.CCCNc1nccc(-c2c(-c3ccc(F)cc3)nc3cc(CC)ccn23)n1.CCc1ccn2c(-c3ccnc(NCc4cc(C)ccc4C)n3)c(-c3ccc(F)cc3)nc2c1. The average molecular weight is 1620 g/mol. The van der Waals surface area contributed by atoms with Crippen LogP contribution in [-0.4, -0.2) is 97.0 Å². The number of aromatic nitrogens is 16. The molecule has 0 fully saturated rings. The zero-order valence-electron chi connectivity index (χ0n) is 69.6. The summed E-state index contributed by atoms with van der Waals surface area (Å²) in [7, 11) is 0. The van der Waals surface area contributed by atoms with Gasteiger partial charge in [0.2, 0.25) is 23.8 Å². The molecule has 5 aromatic carbocycles. The highest BCUT2D eigenvalue weighted by molar-refractivity contribution is 5.85. The van der Waals surface area contributed by atoms with Gasteiger partial charge in [0.1, 0.15) is 45.9 Å². The molecule has 121 heavy (non-hydrogen) atoms. The molecular formula is C97H98F4N20. The van der Waals surface area contributed by atoms with Crippen molar-refractivity contribution in [3.05, 3.63) is 300 Å². The number of aryl methyl sites for hydroxylation is 6. The molecule has 20 nitrogen and oxygen atoms in total. The van der Waals surface area contributed by atoms with E-state index >= 15 is 0 Å². The Morgan fingerprint density at radius 2 is 0.587 bits per heavy atom. The number of hydrogen-bond acceptors (Lipinski definition) is 16. The molecule has 0 radical (unpaired) electrons. The third-order valence-electron chi connectivity index (χ3n) is 20.8. The fraction of sp³-hybridized carbons (Fsp3) is 0.237. The number of hydrogen-bond donors (Lipinski definition) is 4. The van der Waals surface area contributed by atoms with Crippen LogP contribution < -0.4 is 21.3 Å². The maximum Gasteiger partial charge on any atom is 0.223 e. The molecule has 4 N–H and O–H groups in total. The van der Waals surface area contributed by atoms with Gasteiger partial charge in [0, 0.05) is 98.0 Å². The second-order valence-corrected chi connectivity index (χ2v) is 29.4. The Morgan fingerprint density at radius 1 is 0.289 bits per heavy atom. The largest absolute Gasteiger partial charge is 0.354 e. The fourth-order valence-corrected chi connectivity index (χ4v) is 14.1. The van der Waals surface area contributed by atoms with Gasteiger partial charge in [-0.15, -0.1) is 0 Å². The fourth-order valence-electron chi connectivity index (χ4n) is 14.1. The number of halogens is 4. The third kappa shape index (κ3) is 20.1. The van der Waals surface area contributed by atoms with E-state index in [2.05, 4.69) is 170 Å². The molecule has 0 saturated carbocycles. The van der Waals surface area contributed by atoms with Gasteiger partial charge in [0.15, 0.2) is 0 Å². The van der Waals surface area contributed by atoms with Crippen LogP contribution >= 0.6 is 0 Å². The number of unbranched alkanes of at least 4 members (excludes halogenated alkanes) is 3. The number of pyridine rings is 4. The van der Waals surface area contributed by atoms with Crippen molar-refractivity contribution >= 4 is 46.4 Å². The van der Waals surface area contributed by atoms with Crippen molar-refractivity contribution in [1.82, 2.24) is 77.4 Å². The molecule has 0 bridgehead atoms. The lowest BCUT2D eigenvalue weighted by atomic mass is 10.1. The Kier molecular flexibility index (Phi) is 27.3. The van der Waals surface area contributed by atoms with Crippen LogP contribution in [0.15, 0.2) is 238 Å². The zero-order chi connectivity index (χ0) is 84.3. The smallest absolute Gasteiger partial charge is 0.223 e. The normalized spacial score (nSPS) is 11.1. The minimum atomic E-state index is -0.276. The molecule has 0 amide bonds. The van der Waals surface area contributed by atoms with E-state index in [1.54, 1.807) is 73.3 Å². The van der Waals surface area contributed by atoms with Crippen LogP contribution in [0.25, 0.3) is 113 Å². The Bertz CT molecular complexity index is 6360. The minimum Gasteiger partial charge on any atom is -0.354 e. The van der Waals surface area contributed by atoms with Crippen LogP contribution in [-0.2, 0) is 32.2 Å². The lowest BCUT2D eigenvalue weighted by Gasteiger charge is -2.10. The van der Waals surface area contributed by atoms with Crippen LogP contribution in [0.5, 0.6) is 0 Å². The molecule has 0 aliphatic rings. The van der Waals surface area contributed by atoms with Crippen LogP contribution in [0.1, 0.15) is 126 Å². The van der Waals surface area contributed by atoms with E-state index in [0.717, 1.165) is 184 Å². The molecule has 17 aromatic rings. The molecule has 0 aliphatic heterocycles. The quantitative estimate of drug-likeness (QED) is 0.0278. The molecule has 0 unspecified atom stereocenters. The van der Waals surface area contributed by atoms with Crippen molar-refractivity contribution in [1.29, 1.82) is 0 Å². The van der Waals surface area contributed by atoms with Gasteiger partial charge in [-0.1, -0.05) is 91.5 Å². The van der Waals surface area contributed by atoms with E-state index < -0.39 is 0 Å². The van der Waals surface area contributed by atoms with Gasteiger partial charge in [-0.25, -0.2) is 77.4 Å². The monoisotopic (exact) mass is 1620 g/mol. The van der Waals surface area contributed by atoms with Crippen molar-refractivity contribution in [3.8, 4) is 90.6 Å². The lowest BCUT2D eigenvalue weighted by Crippen LogP contribution is -2.06. The molecule has 24 heteroatoms. The van der Waals surface area contributed by atoms with Crippen molar-refractivity contribution in [2.75, 3.05) is 40.9 Å². The van der Waals surface area contributed by atoms with Crippen molar-refractivity contribution in [3.63, 3.8) is 0 Å². The standard InChI is InChI=1S/C28H26FN5.C24H26FN5.C23H24FN5.C22H22FN5/c1-4-20-12-14-34-25(16-20)33-26(21-7-9-23(29)10-8-21)27(34)24-11-13-30-28(32-24)31-17-22-15-18(2)5-6-19(22)3;1-3-5-6-13-26-24-27-14-11-20(28-24)23-22(18-7-9-19(25)10-8-18)29-21-16-17(4-2)12-15-30(21)23;1-3-5-12-25-23-26-13-10-19(27-23)22-21(17-6-8-18(24)9-7-17)28-20-15-16(4-2)11-14-29(20)22;1-3-11-24-22-25-12-9-18(26-22)21-20(16-5-7-17(23)8-6-16)27-19-14-15(4-2)10-13-28(19)21/h5-16H,4,17H2,1-3H3,(H,30,31,32);7-12,14-16H,3-6,13H2,1-2H3,(H,26,27,28);6-11,13-15H,3-5,12H2,1-2H3,(H,25,26,27);5-10,12-14H,3-4,11H2,1-2H3,(H,24,25,26). The molecule has 614 valence electrons. The van der Waals surface area contributed by atoms with Crippen molar-refractivity contribution < 1.29 is 17.6 Å². The maximum atomic E-state index is 13.6. The topological polar surface area (TPSA) is 220 Å². The number of fused-ring (bicyclic) bond motifs is 4. The summed E-state index contributed by atoms with van der Waals surface area (Å²) in [6.07, 6.45) is 25.4. The first-order valence-corrected chi connectivity index (χ1v) is 41.5. The van der Waals surface area contributed by atoms with Crippen LogP contribution in [0, 0.1) is 37.1 Å². The average Bonchev–Trinajstić information content (AvgIpc) is 1.64. The summed E-state index contributed by atoms with van der Waals surface area (Å²) < 4.78 is 62.2. The summed E-state index contributed by atoms with van der Waals surface area (Å²) in [6, 6.07) is 56.3. The maximum absolute atomic E-state index is 13.6. The number of imidazole rings is 4. The van der Waals surface area contributed by atoms with Gasteiger partial charge in [0.05, 0.1) is 68.3 Å².